The number of ether oxygens (including phenoxy) is 1. The molecule has 1 aromatic rings. The number of hydrogen-bond donors (Lipinski definition) is 0. The van der Waals surface area contributed by atoms with Crippen LogP contribution in [0.15, 0.2) is 0 Å². The first-order chi connectivity index (χ1) is 9.32. The minimum atomic E-state index is -0.424. The molecule has 0 amide bonds. The normalized spacial score (nSPS) is 17.4. The second kappa shape index (κ2) is 5.87. The number of aromatic nitrogens is 1. The van der Waals surface area contributed by atoms with Gasteiger partial charge in [-0.3, -0.25) is 4.90 Å². The van der Waals surface area contributed by atoms with Crippen molar-refractivity contribution in [2.75, 3.05) is 38.2 Å². The van der Waals surface area contributed by atoms with Crippen LogP contribution in [0.3, 0.4) is 0 Å². The zero-order valence-corrected chi connectivity index (χ0v) is 13.8. The van der Waals surface area contributed by atoms with E-state index in [1.807, 2.05) is 0 Å². The highest BCUT2D eigenvalue weighted by Gasteiger charge is 2.28. The molecule has 0 radical (unpaired) electrons. The molecular weight excluding hydrogens is 298 g/mol. The first kappa shape index (κ1) is 15.5. The third kappa shape index (κ3) is 3.24. The van der Waals surface area contributed by atoms with Crippen LogP contribution >= 0.6 is 22.9 Å². The number of piperazine rings is 1. The summed E-state index contributed by atoms with van der Waals surface area (Å²) >= 11 is 7.30. The van der Waals surface area contributed by atoms with Gasteiger partial charge in [0.2, 0.25) is 0 Å². The van der Waals surface area contributed by atoms with Gasteiger partial charge in [-0.25, -0.2) is 9.78 Å². The first-order valence-electron chi connectivity index (χ1n) is 6.57. The molecule has 1 saturated heterocycles. The number of thiazole rings is 1. The van der Waals surface area contributed by atoms with Crippen molar-refractivity contribution in [3.8, 4) is 0 Å². The van der Waals surface area contributed by atoms with E-state index in [9.17, 15) is 4.79 Å². The molecule has 0 atom stereocenters. The average molecular weight is 318 g/mol. The van der Waals surface area contributed by atoms with Gasteiger partial charge in [-0.2, -0.15) is 0 Å². The second-order valence-corrected chi connectivity index (χ2v) is 7.09. The van der Waals surface area contributed by atoms with Gasteiger partial charge in [-0.15, -0.1) is 0 Å². The Hall–Kier alpha value is -0.850. The molecule has 0 spiro atoms. The van der Waals surface area contributed by atoms with Gasteiger partial charge in [0, 0.05) is 31.7 Å². The highest BCUT2D eigenvalue weighted by Crippen LogP contribution is 2.31. The predicted molar refractivity (Wildman–Crippen MR) is 82.0 cm³/mol. The van der Waals surface area contributed by atoms with Crippen molar-refractivity contribution >= 4 is 34.0 Å². The van der Waals surface area contributed by atoms with E-state index in [2.05, 4.69) is 35.6 Å². The van der Waals surface area contributed by atoms with E-state index in [1.54, 1.807) is 0 Å². The molecule has 0 bridgehead atoms. The second-order valence-electron chi connectivity index (χ2n) is 5.75. The molecule has 5 nitrogen and oxygen atoms in total. The monoisotopic (exact) mass is 317 g/mol. The Morgan fingerprint density at radius 3 is 2.40 bits per heavy atom. The molecule has 112 valence electrons. The minimum Gasteiger partial charge on any atom is -0.465 e. The molecular formula is C13H20ClN3O2S. The van der Waals surface area contributed by atoms with E-state index in [-0.39, 0.29) is 10.7 Å². The summed E-state index contributed by atoms with van der Waals surface area (Å²) in [5.74, 6) is -0.424. The molecule has 1 aromatic heterocycles. The Labute approximate surface area is 128 Å². The van der Waals surface area contributed by atoms with Crippen LogP contribution in [0.1, 0.15) is 30.4 Å². The van der Waals surface area contributed by atoms with Crippen molar-refractivity contribution in [2.45, 2.75) is 26.3 Å². The first-order valence-corrected chi connectivity index (χ1v) is 7.77. The number of methoxy groups -OCH3 is 1. The summed E-state index contributed by atoms with van der Waals surface area (Å²) in [5.41, 5.74) is 0.184. The number of rotatable bonds is 2. The van der Waals surface area contributed by atoms with Gasteiger partial charge in [0.15, 0.2) is 15.2 Å². The largest absolute Gasteiger partial charge is 0.465 e. The highest BCUT2D eigenvalue weighted by atomic mass is 35.5. The lowest BCUT2D eigenvalue weighted by molar-refractivity contribution is 0.0606. The molecule has 0 aliphatic carbocycles. The molecule has 0 unspecified atom stereocenters. The van der Waals surface area contributed by atoms with E-state index in [4.69, 9.17) is 16.3 Å². The average Bonchev–Trinajstić information content (AvgIpc) is 2.79. The number of carbonyl (C=O) groups excluding carboxylic acids is 1. The van der Waals surface area contributed by atoms with Gasteiger partial charge in [0.25, 0.3) is 0 Å². The summed E-state index contributed by atoms with van der Waals surface area (Å²) < 4.78 is 4.70. The molecule has 2 heterocycles. The fraction of sp³-hybridized carbons (Fsp3) is 0.692. The van der Waals surface area contributed by atoms with E-state index < -0.39 is 5.97 Å². The van der Waals surface area contributed by atoms with Gasteiger partial charge in [-0.1, -0.05) is 22.9 Å². The molecule has 1 aliphatic rings. The van der Waals surface area contributed by atoms with Crippen LogP contribution in [0, 0.1) is 0 Å². The minimum absolute atomic E-state index is 0.184. The van der Waals surface area contributed by atoms with Crippen molar-refractivity contribution in [1.82, 2.24) is 9.88 Å². The third-order valence-electron chi connectivity index (χ3n) is 3.44. The molecule has 0 saturated carbocycles. The summed E-state index contributed by atoms with van der Waals surface area (Å²) in [7, 11) is 1.35. The van der Waals surface area contributed by atoms with Gasteiger partial charge in [0.1, 0.15) is 0 Å². The fourth-order valence-corrected chi connectivity index (χ4v) is 3.46. The van der Waals surface area contributed by atoms with Crippen LogP contribution in [-0.2, 0) is 4.74 Å². The van der Waals surface area contributed by atoms with Crippen LogP contribution in [0.5, 0.6) is 0 Å². The van der Waals surface area contributed by atoms with Crippen LogP contribution in [-0.4, -0.2) is 54.7 Å². The maximum atomic E-state index is 11.6. The lowest BCUT2D eigenvalue weighted by atomic mass is 10.1. The van der Waals surface area contributed by atoms with E-state index in [1.165, 1.54) is 18.4 Å². The number of halogens is 1. The van der Waals surface area contributed by atoms with Crippen LogP contribution in [0.2, 0.25) is 5.15 Å². The summed E-state index contributed by atoms with van der Waals surface area (Å²) in [6, 6.07) is 0. The van der Waals surface area contributed by atoms with Gasteiger partial charge in [0.05, 0.1) is 7.11 Å². The quantitative estimate of drug-likeness (QED) is 0.784. The van der Waals surface area contributed by atoms with Crippen LogP contribution < -0.4 is 4.90 Å². The van der Waals surface area contributed by atoms with E-state index >= 15 is 0 Å². The van der Waals surface area contributed by atoms with Gasteiger partial charge >= 0.3 is 5.97 Å². The van der Waals surface area contributed by atoms with Crippen LogP contribution in [0.25, 0.3) is 0 Å². The number of hydrogen-bond acceptors (Lipinski definition) is 6. The Balaban J connectivity index is 2.06. The lowest BCUT2D eigenvalue weighted by Crippen LogP contribution is -2.53. The van der Waals surface area contributed by atoms with Crippen molar-refractivity contribution in [2.24, 2.45) is 0 Å². The number of esters is 1. The Morgan fingerprint density at radius 2 is 1.90 bits per heavy atom. The molecule has 7 heteroatoms. The molecule has 1 fully saturated rings. The predicted octanol–water partition coefficient (Wildman–Crippen LogP) is 2.50. The Morgan fingerprint density at radius 1 is 1.30 bits per heavy atom. The zero-order chi connectivity index (χ0) is 14.9. The Kier molecular flexibility index (Phi) is 4.56. The lowest BCUT2D eigenvalue weighted by Gasteiger charge is -2.42. The van der Waals surface area contributed by atoms with Crippen molar-refractivity contribution < 1.29 is 9.53 Å². The molecule has 0 aromatic carbocycles. The third-order valence-corrected chi connectivity index (χ3v) is 4.93. The Bertz CT molecular complexity index is 490. The molecule has 20 heavy (non-hydrogen) atoms. The van der Waals surface area contributed by atoms with Gasteiger partial charge < -0.3 is 9.64 Å². The van der Waals surface area contributed by atoms with Crippen molar-refractivity contribution in [1.29, 1.82) is 0 Å². The van der Waals surface area contributed by atoms with Crippen molar-refractivity contribution in [3.63, 3.8) is 0 Å². The smallest absolute Gasteiger partial charge is 0.351 e. The number of anilines is 1. The molecule has 2 rings (SSSR count). The van der Waals surface area contributed by atoms with Crippen molar-refractivity contribution in [3.05, 3.63) is 10.0 Å². The fourth-order valence-electron chi connectivity index (χ4n) is 2.21. The maximum absolute atomic E-state index is 11.6. The maximum Gasteiger partial charge on any atom is 0.351 e. The number of carbonyl (C=O) groups is 1. The summed E-state index contributed by atoms with van der Waals surface area (Å²) in [4.78, 5) is 20.8. The number of nitrogens with zero attached hydrogens (tertiary/aromatic N) is 3. The SMILES string of the molecule is COC(=O)c1sc(N2CCN(C(C)(C)C)CC2)nc1Cl. The standard InChI is InChI=1S/C13H20ClN3O2S/c1-13(2,3)17-7-5-16(6-8-17)12-15-10(14)9(20-12)11(18)19-4/h5-8H2,1-4H3. The summed E-state index contributed by atoms with van der Waals surface area (Å²) in [6.07, 6.45) is 0. The summed E-state index contributed by atoms with van der Waals surface area (Å²) in [5, 5.41) is 1.03. The molecule has 0 N–H and O–H groups in total. The molecule has 1 aliphatic heterocycles. The topological polar surface area (TPSA) is 45.7 Å². The van der Waals surface area contributed by atoms with E-state index in [0.29, 0.717) is 4.88 Å². The van der Waals surface area contributed by atoms with E-state index in [0.717, 1.165) is 31.3 Å². The van der Waals surface area contributed by atoms with Gasteiger partial charge in [-0.05, 0) is 20.8 Å². The van der Waals surface area contributed by atoms with Crippen LogP contribution in [0.4, 0.5) is 5.13 Å². The zero-order valence-electron chi connectivity index (χ0n) is 12.3. The highest BCUT2D eigenvalue weighted by molar-refractivity contribution is 7.18. The summed E-state index contributed by atoms with van der Waals surface area (Å²) in [6.45, 7) is 10.4.